The third-order valence-electron chi connectivity index (χ3n) is 3.68. The number of ketones is 1. The highest BCUT2D eigenvalue weighted by atomic mass is 79.9. The fraction of sp³-hybridized carbons (Fsp3) is 0.500. The zero-order valence-electron chi connectivity index (χ0n) is 11.3. The van der Waals surface area contributed by atoms with Crippen LogP contribution in [0.2, 0.25) is 0 Å². The number of rotatable bonds is 5. The Labute approximate surface area is 138 Å². The van der Waals surface area contributed by atoms with Crippen LogP contribution in [0.5, 0.6) is 0 Å². The van der Waals surface area contributed by atoms with E-state index in [4.69, 9.17) is 23.4 Å². The summed E-state index contributed by atoms with van der Waals surface area (Å²) in [5, 5.41) is 0. The van der Waals surface area contributed by atoms with Crippen molar-refractivity contribution in [1.29, 1.82) is 0 Å². The molecule has 0 spiro atoms. The zero-order chi connectivity index (χ0) is 14.7. The summed E-state index contributed by atoms with van der Waals surface area (Å²) in [6, 6.07) is 5.93. The average Bonchev–Trinajstić information content (AvgIpc) is 2.83. The van der Waals surface area contributed by atoms with E-state index in [0.29, 0.717) is 18.2 Å². The Morgan fingerprint density at radius 2 is 2.30 bits per heavy atom. The van der Waals surface area contributed by atoms with Gasteiger partial charge in [0.05, 0.1) is 18.1 Å². The summed E-state index contributed by atoms with van der Waals surface area (Å²) in [6.07, 6.45) is 2.33. The molecule has 2 rings (SSSR count). The van der Waals surface area contributed by atoms with Gasteiger partial charge in [-0.05, 0) is 44.6 Å². The first-order chi connectivity index (χ1) is 9.52. The SMILES string of the molecule is CN1CCC[C@H]1CN(Cl)c1ccc(Br)cc1C(=O)CCl. The highest BCUT2D eigenvalue weighted by Gasteiger charge is 2.24. The van der Waals surface area contributed by atoms with Crippen LogP contribution in [-0.4, -0.2) is 42.7 Å². The molecular formula is C14H17BrCl2N2O. The predicted octanol–water partition coefficient (Wildman–Crippen LogP) is 3.93. The molecule has 0 aromatic heterocycles. The van der Waals surface area contributed by atoms with Gasteiger partial charge in [0.25, 0.3) is 0 Å². The minimum Gasteiger partial charge on any atom is -0.302 e. The topological polar surface area (TPSA) is 23.6 Å². The molecule has 1 atom stereocenters. The van der Waals surface area contributed by atoms with Gasteiger partial charge in [0.15, 0.2) is 5.78 Å². The Kier molecular flexibility index (Phi) is 5.73. The van der Waals surface area contributed by atoms with Crippen LogP contribution in [0.3, 0.4) is 0 Å². The minimum absolute atomic E-state index is 0.0441. The van der Waals surface area contributed by atoms with Crippen LogP contribution in [0, 0.1) is 0 Å². The second-order valence-corrected chi connectivity index (χ2v) is 6.63. The quantitative estimate of drug-likeness (QED) is 0.440. The maximum Gasteiger partial charge on any atom is 0.179 e. The Morgan fingerprint density at radius 3 is 2.90 bits per heavy atom. The zero-order valence-corrected chi connectivity index (χ0v) is 14.4. The number of nitrogens with zero attached hydrogens (tertiary/aromatic N) is 2. The molecule has 1 aromatic carbocycles. The normalized spacial score (nSPS) is 19.3. The fourth-order valence-corrected chi connectivity index (χ4v) is 3.32. The van der Waals surface area contributed by atoms with Gasteiger partial charge in [-0.25, -0.2) is 0 Å². The number of benzene rings is 1. The number of Topliss-reactive ketones (excluding diaryl/α,β-unsaturated/α-hetero) is 1. The monoisotopic (exact) mass is 378 g/mol. The lowest BCUT2D eigenvalue weighted by Gasteiger charge is -2.26. The molecule has 0 saturated carbocycles. The number of hydrogen-bond acceptors (Lipinski definition) is 3. The summed E-state index contributed by atoms with van der Waals surface area (Å²) < 4.78 is 2.48. The standard InChI is InChI=1S/C14H17BrCl2N2O/c1-18-6-2-3-11(18)9-19(17)13-5-4-10(15)7-12(13)14(20)8-16/h4-5,7,11H,2-3,6,8-9H2,1H3/t11-/m0/s1. The largest absolute Gasteiger partial charge is 0.302 e. The molecule has 0 amide bonds. The molecule has 0 bridgehead atoms. The highest BCUT2D eigenvalue weighted by molar-refractivity contribution is 9.10. The van der Waals surface area contributed by atoms with Crippen LogP contribution >= 0.6 is 39.3 Å². The molecule has 1 fully saturated rings. The average molecular weight is 380 g/mol. The second kappa shape index (κ2) is 7.12. The fourth-order valence-electron chi connectivity index (χ4n) is 2.51. The molecule has 1 aliphatic heterocycles. The van der Waals surface area contributed by atoms with E-state index in [2.05, 4.69) is 27.9 Å². The molecule has 1 aliphatic rings. The smallest absolute Gasteiger partial charge is 0.179 e. The van der Waals surface area contributed by atoms with E-state index >= 15 is 0 Å². The van der Waals surface area contributed by atoms with E-state index in [0.717, 1.165) is 23.1 Å². The minimum atomic E-state index is -0.117. The lowest BCUT2D eigenvalue weighted by molar-refractivity contribution is 0.102. The number of carbonyl (C=O) groups excluding carboxylic acids is 1. The van der Waals surface area contributed by atoms with E-state index < -0.39 is 0 Å². The van der Waals surface area contributed by atoms with Gasteiger partial charge in [-0.1, -0.05) is 15.9 Å². The maximum atomic E-state index is 11.9. The molecule has 3 nitrogen and oxygen atoms in total. The van der Waals surface area contributed by atoms with Crippen molar-refractivity contribution in [1.82, 2.24) is 4.90 Å². The second-order valence-electron chi connectivity index (χ2n) is 5.04. The predicted molar refractivity (Wildman–Crippen MR) is 88.0 cm³/mol. The van der Waals surface area contributed by atoms with Gasteiger partial charge in [-0.2, -0.15) is 0 Å². The number of hydrogen-bond donors (Lipinski definition) is 0. The van der Waals surface area contributed by atoms with Gasteiger partial charge in [-0.3, -0.25) is 9.21 Å². The van der Waals surface area contributed by atoms with Crippen molar-refractivity contribution in [3.8, 4) is 0 Å². The van der Waals surface area contributed by atoms with Gasteiger partial charge in [0.2, 0.25) is 0 Å². The number of alkyl halides is 1. The lowest BCUT2D eigenvalue weighted by atomic mass is 10.1. The summed E-state index contributed by atoms with van der Waals surface area (Å²) in [6.45, 7) is 1.80. The third-order valence-corrected chi connectivity index (χ3v) is 4.74. The van der Waals surface area contributed by atoms with Crippen LogP contribution in [0.25, 0.3) is 0 Å². The van der Waals surface area contributed by atoms with Gasteiger partial charge >= 0.3 is 0 Å². The van der Waals surface area contributed by atoms with Crippen LogP contribution in [0.1, 0.15) is 23.2 Å². The van der Waals surface area contributed by atoms with Crippen LogP contribution in [0.15, 0.2) is 22.7 Å². The molecule has 0 N–H and O–H groups in total. The van der Waals surface area contributed by atoms with E-state index in [1.54, 1.807) is 10.5 Å². The Hall–Kier alpha value is -0.290. The van der Waals surface area contributed by atoms with Crippen LogP contribution < -0.4 is 4.42 Å². The van der Waals surface area contributed by atoms with Gasteiger partial charge in [0, 0.05) is 27.9 Å². The molecule has 0 radical (unpaired) electrons. The first-order valence-corrected chi connectivity index (χ1v) is 8.21. The maximum absolute atomic E-state index is 11.9. The lowest BCUT2D eigenvalue weighted by Crippen LogP contribution is -2.35. The van der Waals surface area contributed by atoms with Crippen molar-refractivity contribution >= 4 is 50.8 Å². The van der Waals surface area contributed by atoms with Crippen molar-refractivity contribution < 1.29 is 4.79 Å². The van der Waals surface area contributed by atoms with E-state index in [1.807, 2.05) is 12.1 Å². The van der Waals surface area contributed by atoms with Crippen LogP contribution in [-0.2, 0) is 0 Å². The summed E-state index contributed by atoms with van der Waals surface area (Å²) in [7, 11) is 2.11. The van der Waals surface area contributed by atoms with Crippen molar-refractivity contribution in [3.05, 3.63) is 28.2 Å². The van der Waals surface area contributed by atoms with Crippen molar-refractivity contribution in [2.24, 2.45) is 0 Å². The van der Waals surface area contributed by atoms with E-state index in [-0.39, 0.29) is 11.7 Å². The molecule has 0 aliphatic carbocycles. The molecule has 1 aromatic rings. The van der Waals surface area contributed by atoms with Crippen molar-refractivity contribution in [2.45, 2.75) is 18.9 Å². The first kappa shape index (κ1) is 16.1. The highest BCUT2D eigenvalue weighted by Crippen LogP contribution is 2.28. The van der Waals surface area contributed by atoms with Gasteiger partial charge in [0.1, 0.15) is 0 Å². The van der Waals surface area contributed by atoms with E-state index in [1.165, 1.54) is 6.42 Å². The Balaban J connectivity index is 2.20. The number of anilines is 1. The van der Waals surface area contributed by atoms with Crippen molar-refractivity contribution in [2.75, 3.05) is 30.4 Å². The number of likely N-dealkylation sites (N-methyl/N-ethyl adjacent to an activating group) is 1. The summed E-state index contributed by atoms with van der Waals surface area (Å²) in [5.74, 6) is -0.161. The third kappa shape index (κ3) is 3.67. The molecule has 110 valence electrons. The van der Waals surface area contributed by atoms with E-state index in [9.17, 15) is 4.79 Å². The number of carbonyl (C=O) groups is 1. The first-order valence-electron chi connectivity index (χ1n) is 6.55. The molecule has 0 unspecified atom stereocenters. The molecule has 1 saturated heterocycles. The molecule has 1 heterocycles. The Morgan fingerprint density at radius 1 is 1.55 bits per heavy atom. The molecule has 20 heavy (non-hydrogen) atoms. The number of likely N-dealkylation sites (tertiary alicyclic amines) is 1. The van der Waals surface area contributed by atoms with Gasteiger partial charge in [-0.15, -0.1) is 11.6 Å². The van der Waals surface area contributed by atoms with Gasteiger partial charge < -0.3 is 4.90 Å². The summed E-state index contributed by atoms with van der Waals surface area (Å²) in [5.41, 5.74) is 1.28. The molecule has 6 heteroatoms. The summed E-state index contributed by atoms with van der Waals surface area (Å²) >= 11 is 15.5. The van der Waals surface area contributed by atoms with Crippen molar-refractivity contribution in [3.63, 3.8) is 0 Å². The summed E-state index contributed by atoms with van der Waals surface area (Å²) in [4.78, 5) is 14.2. The van der Waals surface area contributed by atoms with Crippen LogP contribution in [0.4, 0.5) is 5.69 Å². The molecular weight excluding hydrogens is 363 g/mol. The number of halogens is 3. The Bertz CT molecular complexity index is 498.